The van der Waals surface area contributed by atoms with E-state index >= 15 is 0 Å². The topological polar surface area (TPSA) is 92.9 Å². The average molecular weight is 427 g/mol. The van der Waals surface area contributed by atoms with Crippen LogP contribution in [-0.4, -0.2) is 24.1 Å². The highest BCUT2D eigenvalue weighted by Gasteiger charge is 2.09. The summed E-state index contributed by atoms with van der Waals surface area (Å²) in [5, 5.41) is 9.02. The summed E-state index contributed by atoms with van der Waals surface area (Å²) in [6.45, 7) is 1.63. The molecule has 7 nitrogen and oxygen atoms in total. The molecule has 32 heavy (non-hydrogen) atoms. The van der Waals surface area contributed by atoms with Crippen LogP contribution in [0.15, 0.2) is 94.6 Å². The predicted octanol–water partition coefficient (Wildman–Crippen LogP) is 4.60. The van der Waals surface area contributed by atoms with Crippen molar-refractivity contribution in [2.75, 3.05) is 11.9 Å². The van der Waals surface area contributed by atoms with E-state index in [4.69, 9.17) is 9.15 Å². The fourth-order valence-corrected chi connectivity index (χ4v) is 3.04. The molecule has 0 saturated carbocycles. The molecule has 0 atom stereocenters. The Kier molecular flexibility index (Phi) is 6.27. The number of carbonyl (C=O) groups is 2. The first-order valence-electron chi connectivity index (χ1n) is 9.98. The molecule has 160 valence electrons. The van der Waals surface area contributed by atoms with Gasteiger partial charge in [-0.1, -0.05) is 42.5 Å². The Morgan fingerprint density at radius 1 is 0.938 bits per heavy atom. The second-order valence-electron chi connectivity index (χ2n) is 7.04. The van der Waals surface area contributed by atoms with Gasteiger partial charge in [-0.05, 0) is 59.7 Å². The van der Waals surface area contributed by atoms with Gasteiger partial charge in [0.15, 0.2) is 12.4 Å². The number of hydrogen-bond acceptors (Lipinski definition) is 5. The zero-order valence-electron chi connectivity index (χ0n) is 17.4. The van der Waals surface area contributed by atoms with E-state index in [1.807, 2.05) is 42.5 Å². The summed E-state index contributed by atoms with van der Waals surface area (Å²) in [7, 11) is 0. The molecule has 0 unspecified atom stereocenters. The average Bonchev–Trinajstić information content (AvgIpc) is 3.37. The lowest BCUT2D eigenvalue weighted by molar-refractivity contribution is -0.123. The SMILES string of the molecule is CC(=NNC(=O)COc1ccc2ccccc2c1)c1ccc(NC(=O)c2ccco2)cc1. The minimum atomic E-state index is -0.361. The molecule has 4 rings (SSSR count). The van der Waals surface area contributed by atoms with Crippen molar-refractivity contribution >= 4 is 34.0 Å². The van der Waals surface area contributed by atoms with Gasteiger partial charge in [0.1, 0.15) is 5.75 Å². The molecule has 0 saturated heterocycles. The Morgan fingerprint density at radius 2 is 1.72 bits per heavy atom. The molecule has 0 bridgehead atoms. The first kappa shape index (κ1) is 20.9. The van der Waals surface area contributed by atoms with E-state index in [-0.39, 0.29) is 24.2 Å². The monoisotopic (exact) mass is 427 g/mol. The Labute approximate surface area is 184 Å². The van der Waals surface area contributed by atoms with Crippen molar-refractivity contribution in [3.8, 4) is 5.75 Å². The van der Waals surface area contributed by atoms with Crippen LogP contribution in [0.2, 0.25) is 0 Å². The summed E-state index contributed by atoms with van der Waals surface area (Å²) in [6, 6.07) is 23.9. The van der Waals surface area contributed by atoms with Gasteiger partial charge >= 0.3 is 0 Å². The summed E-state index contributed by atoms with van der Waals surface area (Å²) in [6.07, 6.45) is 1.44. The maximum Gasteiger partial charge on any atom is 0.291 e. The van der Waals surface area contributed by atoms with Crippen LogP contribution in [0.25, 0.3) is 10.8 Å². The van der Waals surface area contributed by atoms with Crippen molar-refractivity contribution in [2.45, 2.75) is 6.92 Å². The van der Waals surface area contributed by atoms with Crippen LogP contribution in [0.4, 0.5) is 5.69 Å². The molecule has 0 fully saturated rings. The van der Waals surface area contributed by atoms with Gasteiger partial charge in [0.2, 0.25) is 0 Å². The van der Waals surface area contributed by atoms with Gasteiger partial charge in [0.25, 0.3) is 11.8 Å². The van der Waals surface area contributed by atoms with Gasteiger partial charge in [-0.2, -0.15) is 5.10 Å². The van der Waals surface area contributed by atoms with Crippen molar-refractivity contribution in [3.05, 3.63) is 96.4 Å². The number of benzene rings is 3. The number of nitrogens with zero attached hydrogens (tertiary/aromatic N) is 1. The fraction of sp³-hybridized carbons (Fsp3) is 0.0800. The third-order valence-electron chi connectivity index (χ3n) is 4.74. The van der Waals surface area contributed by atoms with E-state index in [0.717, 1.165) is 16.3 Å². The third kappa shape index (κ3) is 5.20. The number of fused-ring (bicyclic) bond motifs is 1. The molecule has 3 aromatic carbocycles. The maximum absolute atomic E-state index is 12.1. The van der Waals surface area contributed by atoms with Gasteiger partial charge in [0, 0.05) is 5.69 Å². The van der Waals surface area contributed by atoms with E-state index in [1.165, 1.54) is 6.26 Å². The van der Waals surface area contributed by atoms with Gasteiger partial charge in [0.05, 0.1) is 12.0 Å². The van der Waals surface area contributed by atoms with Gasteiger partial charge in [-0.3, -0.25) is 9.59 Å². The number of furan rings is 1. The van der Waals surface area contributed by atoms with E-state index < -0.39 is 0 Å². The summed E-state index contributed by atoms with van der Waals surface area (Å²) in [5.74, 6) is 0.166. The first-order chi connectivity index (χ1) is 15.6. The second-order valence-corrected chi connectivity index (χ2v) is 7.04. The molecule has 7 heteroatoms. The van der Waals surface area contributed by atoms with Gasteiger partial charge < -0.3 is 14.5 Å². The molecule has 2 amide bonds. The molecule has 2 N–H and O–H groups in total. The molecule has 1 heterocycles. The summed E-state index contributed by atoms with van der Waals surface area (Å²) < 4.78 is 10.6. The highest BCUT2D eigenvalue weighted by molar-refractivity contribution is 6.03. The van der Waals surface area contributed by atoms with Crippen molar-refractivity contribution in [1.82, 2.24) is 5.43 Å². The van der Waals surface area contributed by atoms with Crippen LogP contribution in [-0.2, 0) is 4.79 Å². The number of nitrogens with one attached hydrogen (secondary N) is 2. The van der Waals surface area contributed by atoms with E-state index in [1.54, 1.807) is 43.3 Å². The Bertz CT molecular complexity index is 1260. The molecule has 0 aliphatic heterocycles. The number of hydrazone groups is 1. The molecular formula is C25H21N3O4. The minimum absolute atomic E-state index is 0.146. The number of amides is 2. The van der Waals surface area contributed by atoms with Crippen molar-refractivity contribution in [3.63, 3.8) is 0 Å². The number of rotatable bonds is 7. The Balaban J connectivity index is 1.29. The molecule has 0 aliphatic rings. The minimum Gasteiger partial charge on any atom is -0.484 e. The van der Waals surface area contributed by atoms with Crippen molar-refractivity contribution in [2.24, 2.45) is 5.10 Å². The Morgan fingerprint density at radius 3 is 2.47 bits per heavy atom. The lowest BCUT2D eigenvalue weighted by atomic mass is 10.1. The van der Waals surface area contributed by atoms with Crippen LogP contribution < -0.4 is 15.5 Å². The zero-order chi connectivity index (χ0) is 22.3. The second kappa shape index (κ2) is 9.61. The van der Waals surface area contributed by atoms with E-state index in [0.29, 0.717) is 17.1 Å². The van der Waals surface area contributed by atoms with Gasteiger partial charge in [-0.25, -0.2) is 5.43 Å². The molecular weight excluding hydrogens is 406 g/mol. The number of carbonyl (C=O) groups excluding carboxylic acids is 2. The molecule has 4 aromatic rings. The van der Waals surface area contributed by atoms with Crippen molar-refractivity contribution < 1.29 is 18.7 Å². The highest BCUT2D eigenvalue weighted by atomic mass is 16.5. The predicted molar refractivity (Wildman–Crippen MR) is 123 cm³/mol. The van der Waals surface area contributed by atoms with E-state index in [9.17, 15) is 9.59 Å². The lowest BCUT2D eigenvalue weighted by Crippen LogP contribution is -2.25. The number of anilines is 1. The van der Waals surface area contributed by atoms with Crippen molar-refractivity contribution in [1.29, 1.82) is 0 Å². The molecule has 0 spiro atoms. The Hall–Kier alpha value is -4.39. The lowest BCUT2D eigenvalue weighted by Gasteiger charge is -2.08. The fourth-order valence-electron chi connectivity index (χ4n) is 3.04. The van der Waals surface area contributed by atoms with Gasteiger partial charge in [-0.15, -0.1) is 0 Å². The quantitative estimate of drug-likeness (QED) is 0.333. The molecule has 0 aliphatic carbocycles. The zero-order valence-corrected chi connectivity index (χ0v) is 17.4. The van der Waals surface area contributed by atoms with Crippen LogP contribution in [0, 0.1) is 0 Å². The largest absolute Gasteiger partial charge is 0.484 e. The third-order valence-corrected chi connectivity index (χ3v) is 4.74. The summed E-state index contributed by atoms with van der Waals surface area (Å²) in [5.41, 5.74) is 4.54. The summed E-state index contributed by atoms with van der Waals surface area (Å²) in [4.78, 5) is 24.1. The first-order valence-corrected chi connectivity index (χ1v) is 9.98. The standard InChI is InChI=1S/C25H21N3O4/c1-17(18-8-11-21(12-9-18)26-25(30)23-7-4-14-31-23)27-28-24(29)16-32-22-13-10-19-5-2-3-6-20(19)15-22/h2-15H,16H2,1H3,(H,26,30)(H,28,29). The van der Waals surface area contributed by atoms with Crippen LogP contribution in [0.3, 0.4) is 0 Å². The summed E-state index contributed by atoms with van der Waals surface area (Å²) >= 11 is 0. The molecule has 1 aromatic heterocycles. The smallest absolute Gasteiger partial charge is 0.291 e. The van der Waals surface area contributed by atoms with Crippen LogP contribution in [0.5, 0.6) is 5.75 Å². The normalized spacial score (nSPS) is 11.2. The van der Waals surface area contributed by atoms with E-state index in [2.05, 4.69) is 15.8 Å². The van der Waals surface area contributed by atoms with Crippen LogP contribution in [0.1, 0.15) is 23.0 Å². The molecule has 0 radical (unpaired) electrons. The number of hydrogen-bond donors (Lipinski definition) is 2. The number of ether oxygens (including phenoxy) is 1. The highest BCUT2D eigenvalue weighted by Crippen LogP contribution is 2.20. The maximum atomic E-state index is 12.1. The van der Waals surface area contributed by atoms with Crippen LogP contribution >= 0.6 is 0 Å².